The molecule has 0 radical (unpaired) electrons. The maximum Gasteiger partial charge on any atom is 0.310 e. The molecule has 6 heteroatoms. The summed E-state index contributed by atoms with van der Waals surface area (Å²) in [6.45, 7) is -0.210. The number of para-hydroxylation sites is 1. The van der Waals surface area contributed by atoms with Crippen LogP contribution in [0.1, 0.15) is 36.6 Å². The molecule has 1 aromatic heterocycles. The number of ether oxygens (including phenoxy) is 1. The number of aromatic nitrogens is 1. The van der Waals surface area contributed by atoms with Crippen LogP contribution >= 0.6 is 11.3 Å². The third-order valence-electron chi connectivity index (χ3n) is 4.32. The highest BCUT2D eigenvalue weighted by Crippen LogP contribution is 2.41. The molecule has 1 amide bonds. The Balaban J connectivity index is 1.78. The van der Waals surface area contributed by atoms with Crippen molar-refractivity contribution in [1.29, 1.82) is 0 Å². The Bertz CT molecular complexity index is 680. The van der Waals surface area contributed by atoms with Crippen LogP contribution in [0.3, 0.4) is 0 Å². The molecule has 5 nitrogen and oxygen atoms in total. The minimum atomic E-state index is -0.286. The van der Waals surface area contributed by atoms with Crippen molar-refractivity contribution in [2.24, 2.45) is 5.92 Å². The second kappa shape index (κ2) is 7.08. The zero-order valence-corrected chi connectivity index (χ0v) is 13.9. The van der Waals surface area contributed by atoms with E-state index in [1.165, 1.54) is 7.05 Å². The van der Waals surface area contributed by atoms with E-state index in [0.29, 0.717) is 0 Å². The summed E-state index contributed by atoms with van der Waals surface area (Å²) < 4.78 is 6.33. The molecule has 2 aromatic rings. The minimum Gasteiger partial charge on any atom is -0.455 e. The number of amides is 1. The van der Waals surface area contributed by atoms with Crippen molar-refractivity contribution in [3.8, 4) is 0 Å². The quantitative estimate of drug-likeness (QED) is 0.874. The summed E-state index contributed by atoms with van der Waals surface area (Å²) >= 11 is 1.66. The van der Waals surface area contributed by atoms with Crippen molar-refractivity contribution >= 4 is 33.4 Å². The number of nitrogens with zero attached hydrogens (tertiary/aromatic N) is 1. The number of hydrogen-bond acceptors (Lipinski definition) is 5. The van der Waals surface area contributed by atoms with E-state index in [1.54, 1.807) is 11.3 Å². The molecule has 0 bridgehead atoms. The molecule has 1 aliphatic carbocycles. The summed E-state index contributed by atoms with van der Waals surface area (Å²) in [7, 11) is 1.53. The molecule has 1 heterocycles. The van der Waals surface area contributed by atoms with Gasteiger partial charge in [0.05, 0.1) is 21.1 Å². The third kappa shape index (κ3) is 3.52. The first-order chi connectivity index (χ1) is 11.2. The summed E-state index contributed by atoms with van der Waals surface area (Å²) in [4.78, 5) is 28.4. The Morgan fingerprint density at radius 1 is 1.30 bits per heavy atom. The van der Waals surface area contributed by atoms with Gasteiger partial charge < -0.3 is 10.1 Å². The van der Waals surface area contributed by atoms with Crippen LogP contribution < -0.4 is 5.32 Å². The predicted octanol–water partition coefficient (Wildman–Crippen LogP) is 2.86. The topological polar surface area (TPSA) is 68.3 Å². The Hall–Kier alpha value is -1.95. The number of rotatable bonds is 4. The lowest BCUT2D eigenvalue weighted by molar-refractivity contribution is -0.154. The molecule has 0 spiro atoms. The number of esters is 1. The van der Waals surface area contributed by atoms with Crippen LogP contribution in [-0.2, 0) is 14.3 Å². The van der Waals surface area contributed by atoms with Crippen LogP contribution in [0.2, 0.25) is 0 Å². The molecule has 1 fully saturated rings. The Labute approximate surface area is 139 Å². The average Bonchev–Trinajstić information content (AvgIpc) is 3.03. The highest BCUT2D eigenvalue weighted by molar-refractivity contribution is 7.18. The molecule has 0 unspecified atom stereocenters. The normalized spacial score (nSPS) is 21.1. The van der Waals surface area contributed by atoms with Gasteiger partial charge in [-0.15, -0.1) is 11.3 Å². The molecular weight excluding hydrogens is 312 g/mol. The molecule has 122 valence electrons. The molecule has 0 saturated heterocycles. The lowest BCUT2D eigenvalue weighted by Crippen LogP contribution is -2.31. The summed E-state index contributed by atoms with van der Waals surface area (Å²) in [5.74, 6) is -0.671. The zero-order chi connectivity index (χ0) is 16.2. The van der Waals surface area contributed by atoms with Gasteiger partial charge in [0.2, 0.25) is 0 Å². The highest BCUT2D eigenvalue weighted by Gasteiger charge is 2.35. The van der Waals surface area contributed by atoms with E-state index in [-0.39, 0.29) is 30.3 Å². The molecule has 1 saturated carbocycles. The van der Waals surface area contributed by atoms with Crippen molar-refractivity contribution < 1.29 is 14.3 Å². The lowest BCUT2D eigenvalue weighted by Gasteiger charge is -2.28. The molecular formula is C17H20N2O3S. The van der Waals surface area contributed by atoms with Crippen molar-refractivity contribution in [3.63, 3.8) is 0 Å². The van der Waals surface area contributed by atoms with E-state index < -0.39 is 0 Å². The molecule has 1 aromatic carbocycles. The van der Waals surface area contributed by atoms with Crippen LogP contribution in [0.25, 0.3) is 10.2 Å². The van der Waals surface area contributed by atoms with Crippen LogP contribution in [0.15, 0.2) is 24.3 Å². The first-order valence-corrected chi connectivity index (χ1v) is 8.73. The maximum atomic E-state index is 12.4. The van der Waals surface area contributed by atoms with Gasteiger partial charge in [0.1, 0.15) is 0 Å². The van der Waals surface area contributed by atoms with Gasteiger partial charge in [-0.05, 0) is 25.0 Å². The number of nitrogens with one attached hydrogen (secondary N) is 1. The van der Waals surface area contributed by atoms with E-state index >= 15 is 0 Å². The van der Waals surface area contributed by atoms with Crippen molar-refractivity contribution in [3.05, 3.63) is 29.3 Å². The van der Waals surface area contributed by atoms with E-state index in [1.807, 2.05) is 18.2 Å². The van der Waals surface area contributed by atoms with E-state index in [4.69, 9.17) is 9.72 Å². The van der Waals surface area contributed by atoms with Gasteiger partial charge in [0, 0.05) is 13.0 Å². The second-order valence-corrected chi connectivity index (χ2v) is 6.86. The van der Waals surface area contributed by atoms with Crippen LogP contribution in [0, 0.1) is 5.92 Å². The molecule has 3 rings (SSSR count). The second-order valence-electron chi connectivity index (χ2n) is 5.80. The van der Waals surface area contributed by atoms with Gasteiger partial charge in [-0.2, -0.15) is 0 Å². The van der Waals surface area contributed by atoms with Crippen molar-refractivity contribution in [1.82, 2.24) is 10.3 Å². The number of benzene rings is 1. The Kier molecular flexibility index (Phi) is 4.91. The first kappa shape index (κ1) is 15.9. The monoisotopic (exact) mass is 332 g/mol. The summed E-state index contributed by atoms with van der Waals surface area (Å²) in [5, 5.41) is 3.46. The van der Waals surface area contributed by atoms with Crippen LogP contribution in [0.4, 0.5) is 0 Å². The first-order valence-electron chi connectivity index (χ1n) is 7.91. The fourth-order valence-electron chi connectivity index (χ4n) is 3.07. The van der Waals surface area contributed by atoms with Crippen LogP contribution in [0.5, 0.6) is 0 Å². The standard InChI is InChI=1S/C17H20N2O3S/c1-18-15(20)10-22-17(21)12-7-3-2-6-11(12)16-19-13-8-4-5-9-14(13)23-16/h4-5,8-9,11-12H,2-3,6-7,10H2,1H3,(H,18,20)/t11-,12+/m1/s1. The van der Waals surface area contributed by atoms with Crippen molar-refractivity contribution in [2.45, 2.75) is 31.6 Å². The average molecular weight is 332 g/mol. The number of carbonyl (C=O) groups is 2. The fraction of sp³-hybridized carbons (Fsp3) is 0.471. The summed E-state index contributed by atoms with van der Waals surface area (Å²) in [6.07, 6.45) is 3.85. The van der Waals surface area contributed by atoms with Crippen LogP contribution in [-0.4, -0.2) is 30.5 Å². The predicted molar refractivity (Wildman–Crippen MR) is 89.3 cm³/mol. The maximum absolute atomic E-state index is 12.4. The molecule has 2 atom stereocenters. The Morgan fingerprint density at radius 2 is 2.09 bits per heavy atom. The number of thiazole rings is 1. The van der Waals surface area contributed by atoms with Gasteiger partial charge in [0.25, 0.3) is 5.91 Å². The van der Waals surface area contributed by atoms with E-state index in [2.05, 4.69) is 11.4 Å². The van der Waals surface area contributed by atoms with Gasteiger partial charge in [0.15, 0.2) is 6.61 Å². The highest BCUT2D eigenvalue weighted by atomic mass is 32.1. The summed E-state index contributed by atoms with van der Waals surface area (Å²) in [6, 6.07) is 8.03. The molecule has 23 heavy (non-hydrogen) atoms. The minimum absolute atomic E-state index is 0.0957. The SMILES string of the molecule is CNC(=O)COC(=O)[C@H]1CCCC[C@H]1c1nc2ccccc2s1. The zero-order valence-electron chi connectivity index (χ0n) is 13.1. The lowest BCUT2D eigenvalue weighted by atomic mass is 9.79. The van der Waals surface area contributed by atoms with Gasteiger partial charge in [-0.25, -0.2) is 4.98 Å². The third-order valence-corrected chi connectivity index (χ3v) is 5.49. The van der Waals surface area contributed by atoms with Gasteiger partial charge in [-0.3, -0.25) is 9.59 Å². The summed E-state index contributed by atoms with van der Waals surface area (Å²) in [5.41, 5.74) is 0.982. The van der Waals surface area contributed by atoms with Gasteiger partial charge in [-0.1, -0.05) is 25.0 Å². The number of likely N-dealkylation sites (N-methyl/N-ethyl adjacent to an activating group) is 1. The fourth-order valence-corrected chi connectivity index (χ4v) is 4.24. The number of hydrogen-bond donors (Lipinski definition) is 1. The Morgan fingerprint density at radius 3 is 2.87 bits per heavy atom. The van der Waals surface area contributed by atoms with Gasteiger partial charge >= 0.3 is 5.97 Å². The molecule has 0 aliphatic heterocycles. The largest absolute Gasteiger partial charge is 0.455 e. The molecule has 1 aliphatic rings. The number of fused-ring (bicyclic) bond motifs is 1. The molecule has 1 N–H and O–H groups in total. The number of carbonyl (C=O) groups excluding carboxylic acids is 2. The smallest absolute Gasteiger partial charge is 0.310 e. The van der Waals surface area contributed by atoms with E-state index in [0.717, 1.165) is 40.9 Å². The van der Waals surface area contributed by atoms with E-state index in [9.17, 15) is 9.59 Å². The van der Waals surface area contributed by atoms with Crippen molar-refractivity contribution in [2.75, 3.05) is 13.7 Å².